The van der Waals surface area contributed by atoms with E-state index in [9.17, 15) is 18.8 Å². The molecule has 36 heavy (non-hydrogen) atoms. The molecule has 2 aromatic carbocycles. The summed E-state index contributed by atoms with van der Waals surface area (Å²) in [5.41, 5.74) is -0.494. The van der Waals surface area contributed by atoms with Crippen LogP contribution in [0, 0.1) is 11.2 Å². The van der Waals surface area contributed by atoms with E-state index in [2.05, 4.69) is 5.10 Å². The van der Waals surface area contributed by atoms with Crippen molar-refractivity contribution in [3.8, 4) is 0 Å². The van der Waals surface area contributed by atoms with Crippen molar-refractivity contribution in [1.29, 1.82) is 0 Å². The molecule has 0 amide bonds. The van der Waals surface area contributed by atoms with Gasteiger partial charge in [0, 0.05) is 19.4 Å². The largest absolute Gasteiger partial charge is 0.469 e. The van der Waals surface area contributed by atoms with Crippen LogP contribution >= 0.6 is 0 Å². The van der Waals surface area contributed by atoms with Crippen LogP contribution in [0.5, 0.6) is 0 Å². The highest BCUT2D eigenvalue weighted by Crippen LogP contribution is 2.62. The van der Waals surface area contributed by atoms with Crippen molar-refractivity contribution >= 4 is 23.9 Å². The second-order valence-electron chi connectivity index (χ2n) is 9.51. The molecule has 2 saturated heterocycles. The number of hydrogen-bond donors (Lipinski definition) is 0. The molecular formula is C27H21FN2O6. The Kier molecular flexibility index (Phi) is 4.70. The van der Waals surface area contributed by atoms with E-state index in [4.69, 9.17) is 13.9 Å². The zero-order chi connectivity index (χ0) is 25.2. The third-order valence-corrected chi connectivity index (χ3v) is 7.01. The molecule has 6 rings (SSSR count). The molecule has 1 spiro atoms. The SMILES string of the molecule is CC1(C)OC(=O)C2(C(=O)O1)C(c1ccco1)C(C(=O)c1ccc(F)cc1)N1N=Cc3ccccc3C12. The predicted octanol–water partition coefficient (Wildman–Crippen LogP) is 3.98. The lowest BCUT2D eigenvalue weighted by atomic mass is 9.66. The maximum atomic E-state index is 14.0. The first-order valence-electron chi connectivity index (χ1n) is 11.5. The van der Waals surface area contributed by atoms with E-state index < -0.39 is 52.7 Å². The summed E-state index contributed by atoms with van der Waals surface area (Å²) in [6.45, 7) is 2.94. The molecule has 8 nitrogen and oxygen atoms in total. The van der Waals surface area contributed by atoms with Crippen LogP contribution in [-0.2, 0) is 19.1 Å². The fraction of sp³-hybridized carbons (Fsp3) is 0.259. The summed E-state index contributed by atoms with van der Waals surface area (Å²) in [6, 6.07) is 13.3. The van der Waals surface area contributed by atoms with Gasteiger partial charge in [-0.05, 0) is 47.5 Å². The molecule has 182 valence electrons. The first kappa shape index (κ1) is 22.2. The lowest BCUT2D eigenvalue weighted by Crippen LogP contribution is -2.58. The molecular weight excluding hydrogens is 467 g/mol. The second-order valence-corrected chi connectivity index (χ2v) is 9.51. The number of esters is 2. The number of carbonyl (C=O) groups is 3. The van der Waals surface area contributed by atoms with Gasteiger partial charge in [-0.15, -0.1) is 0 Å². The maximum Gasteiger partial charge on any atom is 0.330 e. The van der Waals surface area contributed by atoms with Crippen molar-refractivity contribution in [2.24, 2.45) is 10.5 Å². The van der Waals surface area contributed by atoms with Crippen molar-refractivity contribution in [3.05, 3.63) is 95.2 Å². The summed E-state index contributed by atoms with van der Waals surface area (Å²) < 4.78 is 30.7. The third-order valence-electron chi connectivity index (χ3n) is 7.01. The van der Waals surface area contributed by atoms with Gasteiger partial charge >= 0.3 is 11.9 Å². The van der Waals surface area contributed by atoms with Crippen molar-refractivity contribution in [2.75, 3.05) is 0 Å². The zero-order valence-corrected chi connectivity index (χ0v) is 19.4. The molecule has 0 saturated carbocycles. The highest BCUT2D eigenvalue weighted by molar-refractivity contribution is 6.09. The van der Waals surface area contributed by atoms with Gasteiger partial charge in [0.1, 0.15) is 23.7 Å². The number of hydrazone groups is 1. The van der Waals surface area contributed by atoms with E-state index in [1.165, 1.54) is 49.4 Å². The Labute approximate surface area is 205 Å². The molecule has 0 N–H and O–H groups in total. The standard InChI is InChI=1S/C27H21FN2O6/c1-26(2)35-24(32)27(25(33)36-26)20(19-8-5-13-34-19)21(22(31)15-9-11-17(28)12-10-15)30-23(27)18-7-4-3-6-16(18)14-29-30/h3-14,20-21,23H,1-2H3. The minimum absolute atomic E-state index is 0.195. The molecule has 3 atom stereocenters. The highest BCUT2D eigenvalue weighted by Gasteiger charge is 2.75. The Morgan fingerprint density at radius 1 is 0.972 bits per heavy atom. The summed E-state index contributed by atoms with van der Waals surface area (Å²) in [4.78, 5) is 41.9. The monoisotopic (exact) mass is 488 g/mol. The van der Waals surface area contributed by atoms with Crippen LogP contribution in [0.4, 0.5) is 4.39 Å². The lowest BCUT2D eigenvalue weighted by Gasteiger charge is -2.43. The van der Waals surface area contributed by atoms with E-state index in [-0.39, 0.29) is 11.3 Å². The van der Waals surface area contributed by atoms with Gasteiger partial charge in [0.15, 0.2) is 5.78 Å². The molecule has 3 aliphatic rings. The van der Waals surface area contributed by atoms with Gasteiger partial charge in [-0.1, -0.05) is 24.3 Å². The number of cyclic esters (lactones) is 2. The van der Waals surface area contributed by atoms with Crippen molar-refractivity contribution in [2.45, 2.75) is 37.6 Å². The number of ketones is 1. The molecule has 1 aromatic heterocycles. The van der Waals surface area contributed by atoms with Crippen LogP contribution < -0.4 is 0 Å². The quantitative estimate of drug-likeness (QED) is 0.312. The Bertz CT molecular complexity index is 1390. The topological polar surface area (TPSA) is 98.4 Å². The number of halogens is 1. The maximum absolute atomic E-state index is 14.0. The number of benzene rings is 2. The number of furan rings is 1. The van der Waals surface area contributed by atoms with Crippen molar-refractivity contribution in [1.82, 2.24) is 5.01 Å². The Hall–Kier alpha value is -4.27. The van der Waals surface area contributed by atoms with Crippen LogP contribution in [0.2, 0.25) is 0 Å². The third kappa shape index (κ3) is 2.98. The van der Waals surface area contributed by atoms with Gasteiger partial charge in [0.25, 0.3) is 5.79 Å². The van der Waals surface area contributed by atoms with E-state index >= 15 is 0 Å². The summed E-state index contributed by atoms with van der Waals surface area (Å²) in [6.07, 6.45) is 2.98. The van der Waals surface area contributed by atoms with Crippen LogP contribution in [0.3, 0.4) is 0 Å². The van der Waals surface area contributed by atoms with E-state index in [0.29, 0.717) is 11.1 Å². The number of Topliss-reactive ketones (excluding diaryl/α,β-unsaturated/α-hetero) is 1. The van der Waals surface area contributed by atoms with Gasteiger partial charge in [0.2, 0.25) is 5.41 Å². The normalized spacial score (nSPS) is 25.2. The van der Waals surface area contributed by atoms with Gasteiger partial charge in [-0.3, -0.25) is 19.4 Å². The minimum atomic E-state index is -2.00. The predicted molar refractivity (Wildman–Crippen MR) is 123 cm³/mol. The van der Waals surface area contributed by atoms with Crippen molar-refractivity contribution in [3.63, 3.8) is 0 Å². The van der Waals surface area contributed by atoms with Gasteiger partial charge in [0.05, 0.1) is 18.4 Å². The molecule has 3 aliphatic heterocycles. The van der Waals surface area contributed by atoms with E-state index in [1.807, 2.05) is 12.1 Å². The zero-order valence-electron chi connectivity index (χ0n) is 19.4. The number of ether oxygens (including phenoxy) is 2. The fourth-order valence-electron chi connectivity index (χ4n) is 5.58. The molecule has 0 bridgehead atoms. The Morgan fingerprint density at radius 2 is 1.67 bits per heavy atom. The van der Waals surface area contributed by atoms with Crippen LogP contribution in [0.15, 0.2) is 76.4 Å². The van der Waals surface area contributed by atoms with E-state index in [1.54, 1.807) is 30.5 Å². The highest BCUT2D eigenvalue weighted by atomic mass is 19.1. The van der Waals surface area contributed by atoms with Crippen LogP contribution in [0.25, 0.3) is 0 Å². The van der Waals surface area contributed by atoms with Crippen molar-refractivity contribution < 1.29 is 32.7 Å². The summed E-state index contributed by atoms with van der Waals surface area (Å²) >= 11 is 0. The molecule has 3 unspecified atom stereocenters. The number of hydrogen-bond acceptors (Lipinski definition) is 8. The molecule has 2 fully saturated rings. The first-order chi connectivity index (χ1) is 17.2. The lowest BCUT2D eigenvalue weighted by molar-refractivity contribution is -0.254. The van der Waals surface area contributed by atoms with E-state index in [0.717, 1.165) is 0 Å². The summed E-state index contributed by atoms with van der Waals surface area (Å²) in [7, 11) is 0. The molecule has 0 radical (unpaired) electrons. The molecule has 9 heteroatoms. The van der Waals surface area contributed by atoms with Crippen LogP contribution in [0.1, 0.15) is 53.1 Å². The number of rotatable bonds is 3. The molecule has 3 aromatic rings. The Balaban J connectivity index is 1.63. The molecule has 4 heterocycles. The fourth-order valence-corrected chi connectivity index (χ4v) is 5.58. The van der Waals surface area contributed by atoms with Gasteiger partial charge in [-0.25, -0.2) is 4.39 Å². The Morgan fingerprint density at radius 3 is 2.33 bits per heavy atom. The number of nitrogens with zero attached hydrogens (tertiary/aromatic N) is 2. The average Bonchev–Trinajstić information content (AvgIpc) is 3.47. The van der Waals surface area contributed by atoms with Crippen LogP contribution in [-0.4, -0.2) is 40.8 Å². The summed E-state index contributed by atoms with van der Waals surface area (Å²) in [5, 5.41) is 6.01. The molecule has 0 aliphatic carbocycles. The first-order valence-corrected chi connectivity index (χ1v) is 11.5. The number of fused-ring (bicyclic) bond motifs is 4. The average molecular weight is 488 g/mol. The number of carbonyl (C=O) groups excluding carboxylic acids is 3. The minimum Gasteiger partial charge on any atom is -0.469 e. The van der Waals surface area contributed by atoms with Gasteiger partial charge < -0.3 is 13.9 Å². The smallest absolute Gasteiger partial charge is 0.330 e. The summed E-state index contributed by atoms with van der Waals surface area (Å²) in [5.74, 6) is -5.03. The van der Waals surface area contributed by atoms with Gasteiger partial charge in [-0.2, -0.15) is 5.10 Å². The second kappa shape index (κ2) is 7.61.